The highest BCUT2D eigenvalue weighted by Gasteiger charge is 2.68. The van der Waals surface area contributed by atoms with Crippen LogP contribution in [0.1, 0.15) is 27.2 Å². The maximum Gasteiger partial charge on any atom is 0.468 e. The van der Waals surface area contributed by atoms with E-state index in [2.05, 4.69) is 20.8 Å². The Morgan fingerprint density at radius 3 is 1.89 bits per heavy atom. The number of carbonyl (C=O) groups is 2. The molecule has 0 aromatic heterocycles. The van der Waals surface area contributed by atoms with Gasteiger partial charge in [0.15, 0.2) is 10.1 Å². The van der Waals surface area contributed by atoms with Gasteiger partial charge in [-0.1, -0.05) is 6.58 Å². The fourth-order valence-corrected chi connectivity index (χ4v) is 1.69. The normalized spacial score (nSPS) is 15.6. The minimum absolute atomic E-state index is 0.227. The maximum absolute atomic E-state index is 13.4. The van der Waals surface area contributed by atoms with Gasteiger partial charge in [0.25, 0.3) is 0 Å². The van der Waals surface area contributed by atoms with Crippen molar-refractivity contribution in [1.29, 1.82) is 0 Å². The Kier molecular flexibility index (Phi) is 7.52. The lowest BCUT2D eigenvalue weighted by molar-refractivity contribution is -0.357. The number of rotatable bonds is 8. The van der Waals surface area contributed by atoms with E-state index < -0.39 is 57.9 Å². The molecule has 0 saturated heterocycles. The van der Waals surface area contributed by atoms with E-state index in [0.717, 1.165) is 20.8 Å². The van der Waals surface area contributed by atoms with E-state index in [1.54, 1.807) is 0 Å². The molecule has 0 heterocycles. The minimum atomic E-state index is -6.22. The molecule has 0 radical (unpaired) electrons. The molecule has 158 valence electrons. The van der Waals surface area contributed by atoms with Gasteiger partial charge < -0.3 is 18.8 Å². The number of esters is 2. The highest BCUT2D eigenvalue weighted by Crippen LogP contribution is 2.38. The average Bonchev–Trinajstić information content (AvgIpc) is 2.41. The first-order valence-electron chi connectivity index (χ1n) is 6.92. The lowest BCUT2D eigenvalue weighted by Gasteiger charge is -2.34. The van der Waals surface area contributed by atoms with Crippen molar-refractivity contribution in [3.05, 3.63) is 12.7 Å². The van der Waals surface area contributed by atoms with Crippen molar-refractivity contribution in [2.75, 3.05) is 6.61 Å². The van der Waals surface area contributed by atoms with Gasteiger partial charge in [-0.25, -0.2) is 18.0 Å². The first-order chi connectivity index (χ1) is 11.8. The molecule has 14 heteroatoms. The highest BCUT2D eigenvalue weighted by atomic mass is 32.2. The van der Waals surface area contributed by atoms with Gasteiger partial charge in [0.05, 0.1) is 6.61 Å². The van der Waals surface area contributed by atoms with Crippen LogP contribution in [0.5, 0.6) is 0 Å². The second-order valence-electron chi connectivity index (χ2n) is 5.93. The van der Waals surface area contributed by atoms with Gasteiger partial charge in [-0.2, -0.15) is 22.0 Å². The molecule has 8 nitrogen and oxygen atoms in total. The highest BCUT2D eigenvalue weighted by molar-refractivity contribution is 7.86. The largest absolute Gasteiger partial charge is 0.743 e. The summed E-state index contributed by atoms with van der Waals surface area (Å²) in [5.74, 6) is -8.62. The van der Waals surface area contributed by atoms with Crippen LogP contribution >= 0.6 is 0 Å². The van der Waals surface area contributed by atoms with Crippen LogP contribution in [0, 0.1) is 0 Å². The van der Waals surface area contributed by atoms with E-state index in [4.69, 9.17) is 0 Å². The summed E-state index contributed by atoms with van der Waals surface area (Å²) in [5, 5.41) is -5.00. The molecule has 0 amide bonds. The van der Waals surface area contributed by atoms with Gasteiger partial charge in [0, 0.05) is 12.5 Å². The standard InChI is InChI=1S/C13H17F5O8S/c1-5-8(19)25-12(13(16,17)18,9(20)26-10(2,3)4)24-7-6-11(14,15)27(21,22)23/h5H,1,6-7H2,2-4H3,(H,21,22,23)/p-1. The van der Waals surface area contributed by atoms with Crippen LogP contribution < -0.4 is 0 Å². The Morgan fingerprint density at radius 2 is 1.56 bits per heavy atom. The van der Waals surface area contributed by atoms with E-state index in [-0.39, 0.29) is 6.08 Å². The zero-order valence-electron chi connectivity index (χ0n) is 14.3. The molecule has 0 aromatic carbocycles. The number of halogens is 5. The van der Waals surface area contributed by atoms with E-state index in [1.165, 1.54) is 0 Å². The van der Waals surface area contributed by atoms with E-state index in [1.807, 2.05) is 0 Å². The fraction of sp³-hybridized carbons (Fsp3) is 0.692. The molecule has 1 unspecified atom stereocenters. The van der Waals surface area contributed by atoms with Gasteiger partial charge in [-0.05, 0) is 20.8 Å². The Balaban J connectivity index is 5.91. The van der Waals surface area contributed by atoms with Crippen molar-refractivity contribution in [2.24, 2.45) is 0 Å². The van der Waals surface area contributed by atoms with Crippen molar-refractivity contribution >= 4 is 22.1 Å². The predicted octanol–water partition coefficient (Wildman–Crippen LogP) is 1.86. The van der Waals surface area contributed by atoms with Crippen LogP contribution in [0.2, 0.25) is 0 Å². The third-order valence-electron chi connectivity index (χ3n) is 2.52. The molecule has 1 atom stereocenters. The lowest BCUT2D eigenvalue weighted by Crippen LogP contribution is -2.59. The van der Waals surface area contributed by atoms with Gasteiger partial charge in [-0.15, -0.1) is 0 Å². The van der Waals surface area contributed by atoms with Crippen molar-refractivity contribution in [1.82, 2.24) is 0 Å². The van der Waals surface area contributed by atoms with Crippen molar-refractivity contribution in [2.45, 2.75) is 50.0 Å². The zero-order chi connectivity index (χ0) is 21.9. The Bertz CT molecular complexity index is 680. The van der Waals surface area contributed by atoms with E-state index in [9.17, 15) is 44.5 Å². The van der Waals surface area contributed by atoms with Crippen LogP contribution in [-0.4, -0.2) is 54.3 Å². The SMILES string of the molecule is C=CC(=O)OC(OCCC(F)(F)S(=O)(=O)[O-])(C(=O)OC(C)(C)C)C(F)(F)F. The first-order valence-corrected chi connectivity index (χ1v) is 8.33. The Morgan fingerprint density at radius 1 is 1.07 bits per heavy atom. The zero-order valence-corrected chi connectivity index (χ0v) is 15.1. The van der Waals surface area contributed by atoms with Crippen LogP contribution in [0.25, 0.3) is 0 Å². The molecule has 0 aliphatic heterocycles. The summed E-state index contributed by atoms with van der Waals surface area (Å²) >= 11 is 0. The quantitative estimate of drug-likeness (QED) is 0.189. The van der Waals surface area contributed by atoms with Crippen LogP contribution in [0.4, 0.5) is 22.0 Å². The Hall–Kier alpha value is -1.80. The fourth-order valence-electron chi connectivity index (χ4n) is 1.35. The number of carbonyl (C=O) groups excluding carboxylic acids is 2. The first kappa shape index (κ1) is 25.2. The van der Waals surface area contributed by atoms with Crippen molar-refractivity contribution in [3.8, 4) is 0 Å². The molecule has 27 heavy (non-hydrogen) atoms. The summed E-state index contributed by atoms with van der Waals surface area (Å²) in [6.45, 7) is 4.47. The van der Waals surface area contributed by atoms with Gasteiger partial charge in [0.1, 0.15) is 5.60 Å². The summed E-state index contributed by atoms with van der Waals surface area (Å²) < 4.78 is 110. The van der Waals surface area contributed by atoms with Gasteiger partial charge >= 0.3 is 29.2 Å². The number of hydrogen-bond donors (Lipinski definition) is 0. The molecular weight excluding hydrogens is 411 g/mol. The summed E-state index contributed by atoms with van der Waals surface area (Å²) in [4.78, 5) is 23.2. The van der Waals surface area contributed by atoms with E-state index >= 15 is 0 Å². The molecule has 0 rings (SSSR count). The average molecular weight is 427 g/mol. The van der Waals surface area contributed by atoms with Gasteiger partial charge in [-0.3, -0.25) is 0 Å². The number of alkyl halides is 5. The number of hydrogen-bond acceptors (Lipinski definition) is 8. The van der Waals surface area contributed by atoms with Crippen LogP contribution in [0.3, 0.4) is 0 Å². The molecular formula is C13H16F5O8S-. The smallest absolute Gasteiger partial charge is 0.468 e. The molecule has 0 aromatic rings. The van der Waals surface area contributed by atoms with Crippen molar-refractivity contribution < 1.29 is 58.7 Å². The topological polar surface area (TPSA) is 119 Å². The summed E-state index contributed by atoms with van der Waals surface area (Å²) in [6, 6.07) is 0. The number of ether oxygens (including phenoxy) is 3. The summed E-state index contributed by atoms with van der Waals surface area (Å²) in [5.41, 5.74) is -1.54. The molecule has 0 aliphatic carbocycles. The predicted molar refractivity (Wildman–Crippen MR) is 76.1 cm³/mol. The van der Waals surface area contributed by atoms with E-state index in [0.29, 0.717) is 0 Å². The molecule has 0 N–H and O–H groups in total. The van der Waals surface area contributed by atoms with Gasteiger partial charge in [0.2, 0.25) is 0 Å². The minimum Gasteiger partial charge on any atom is -0.743 e. The molecule has 0 aliphatic rings. The monoisotopic (exact) mass is 427 g/mol. The molecule has 0 spiro atoms. The molecule has 0 fully saturated rings. The second kappa shape index (κ2) is 8.06. The van der Waals surface area contributed by atoms with Crippen molar-refractivity contribution in [3.63, 3.8) is 0 Å². The lowest BCUT2D eigenvalue weighted by atomic mass is 10.1. The summed E-state index contributed by atoms with van der Waals surface area (Å²) in [6.07, 6.45) is -7.64. The maximum atomic E-state index is 13.4. The van der Waals surface area contributed by atoms with Crippen LogP contribution in [0.15, 0.2) is 12.7 Å². The second-order valence-corrected chi connectivity index (χ2v) is 7.44. The van der Waals surface area contributed by atoms with Crippen LogP contribution in [-0.2, 0) is 33.9 Å². The summed E-state index contributed by atoms with van der Waals surface area (Å²) in [7, 11) is -6.22. The third kappa shape index (κ3) is 6.70. The molecule has 0 bridgehead atoms. The third-order valence-corrected chi connectivity index (χ3v) is 3.45. The molecule has 0 saturated carbocycles. The Labute approximate surface area is 151 Å².